The molecule has 2 aromatic heterocycles. The largest absolute Gasteiger partial charge is 0.389 e. The van der Waals surface area contributed by atoms with Gasteiger partial charge in [0.2, 0.25) is 10.0 Å². The molecule has 1 saturated carbocycles. The minimum atomic E-state index is -3.65. The first-order chi connectivity index (χ1) is 9.50. The van der Waals surface area contributed by atoms with Gasteiger partial charge in [-0.3, -0.25) is 0 Å². The van der Waals surface area contributed by atoms with Crippen molar-refractivity contribution in [2.24, 2.45) is 0 Å². The first kappa shape index (κ1) is 13.5. The zero-order valence-corrected chi connectivity index (χ0v) is 11.8. The van der Waals surface area contributed by atoms with Crippen LogP contribution in [-0.2, 0) is 10.0 Å². The third kappa shape index (κ3) is 2.44. The Hall–Kier alpha value is -1.44. The highest BCUT2D eigenvalue weighted by molar-refractivity contribution is 7.89. The zero-order valence-electron chi connectivity index (χ0n) is 11.0. The molecule has 0 saturated heterocycles. The molecule has 3 rings (SSSR count). The van der Waals surface area contributed by atoms with Gasteiger partial charge in [0.25, 0.3) is 0 Å². The van der Waals surface area contributed by atoms with Crippen molar-refractivity contribution in [3.8, 4) is 0 Å². The van der Waals surface area contributed by atoms with E-state index in [1.165, 1.54) is 6.20 Å². The fraction of sp³-hybridized carbons (Fsp3) is 0.462. The van der Waals surface area contributed by atoms with Gasteiger partial charge in [0.05, 0.1) is 5.60 Å². The highest BCUT2D eigenvalue weighted by Crippen LogP contribution is 2.29. The van der Waals surface area contributed by atoms with Crippen molar-refractivity contribution < 1.29 is 13.5 Å². The average molecular weight is 295 g/mol. The second kappa shape index (κ2) is 4.83. The molecule has 7 heteroatoms. The number of H-pyrrole nitrogens is 1. The normalized spacial score (nSPS) is 18.6. The topological polar surface area (TPSA) is 95.1 Å². The molecule has 0 unspecified atom stereocenters. The Labute approximate surface area is 117 Å². The standard InChI is InChI=1S/C13H17N3O3S/c17-13(5-1-2-6-13)9-16-20(18,19)11-8-15-12-10(11)4-3-7-14-12/h3-4,7-8,16-17H,1-2,5-6,9H2,(H,14,15). The summed E-state index contributed by atoms with van der Waals surface area (Å²) in [5, 5.41) is 10.8. The van der Waals surface area contributed by atoms with Gasteiger partial charge >= 0.3 is 0 Å². The molecule has 2 aromatic rings. The molecular weight excluding hydrogens is 278 g/mol. The summed E-state index contributed by atoms with van der Waals surface area (Å²) < 4.78 is 27.2. The van der Waals surface area contributed by atoms with Crippen LogP contribution in [0.4, 0.5) is 0 Å². The molecule has 1 fully saturated rings. The van der Waals surface area contributed by atoms with Crippen LogP contribution in [0.5, 0.6) is 0 Å². The fourth-order valence-corrected chi connectivity index (χ4v) is 3.95. The van der Waals surface area contributed by atoms with Crippen LogP contribution in [0.1, 0.15) is 25.7 Å². The van der Waals surface area contributed by atoms with Crippen molar-refractivity contribution in [2.75, 3.05) is 6.54 Å². The molecule has 0 atom stereocenters. The second-order valence-electron chi connectivity index (χ2n) is 5.31. The van der Waals surface area contributed by atoms with E-state index in [1.54, 1.807) is 18.3 Å². The maximum Gasteiger partial charge on any atom is 0.242 e. The lowest BCUT2D eigenvalue weighted by molar-refractivity contribution is 0.0532. The number of pyridine rings is 1. The average Bonchev–Trinajstić information content (AvgIpc) is 3.04. The van der Waals surface area contributed by atoms with Gasteiger partial charge in [0, 0.05) is 24.3 Å². The molecule has 0 aromatic carbocycles. The molecule has 20 heavy (non-hydrogen) atoms. The smallest absolute Gasteiger partial charge is 0.242 e. The Morgan fingerprint density at radius 1 is 1.40 bits per heavy atom. The number of sulfonamides is 1. The van der Waals surface area contributed by atoms with Gasteiger partial charge in [-0.25, -0.2) is 18.1 Å². The summed E-state index contributed by atoms with van der Waals surface area (Å²) in [5.74, 6) is 0. The third-order valence-corrected chi connectivity index (χ3v) is 5.27. The van der Waals surface area contributed by atoms with Crippen LogP contribution in [0.25, 0.3) is 11.0 Å². The molecule has 0 spiro atoms. The van der Waals surface area contributed by atoms with Gasteiger partial charge in [-0.15, -0.1) is 0 Å². The lowest BCUT2D eigenvalue weighted by atomic mass is 10.0. The van der Waals surface area contributed by atoms with E-state index >= 15 is 0 Å². The number of rotatable bonds is 4. The molecule has 3 N–H and O–H groups in total. The van der Waals surface area contributed by atoms with E-state index in [2.05, 4.69) is 14.7 Å². The number of nitrogens with zero attached hydrogens (tertiary/aromatic N) is 1. The van der Waals surface area contributed by atoms with Gasteiger partial charge < -0.3 is 10.1 Å². The summed E-state index contributed by atoms with van der Waals surface area (Å²) in [7, 11) is -3.65. The number of aliphatic hydroxyl groups is 1. The van der Waals surface area contributed by atoms with Gasteiger partial charge in [-0.05, 0) is 25.0 Å². The number of hydrogen-bond acceptors (Lipinski definition) is 4. The number of aromatic nitrogens is 2. The van der Waals surface area contributed by atoms with Gasteiger partial charge in [-0.2, -0.15) is 0 Å². The Kier molecular flexibility index (Phi) is 3.27. The molecule has 0 bridgehead atoms. The highest BCUT2D eigenvalue weighted by atomic mass is 32.2. The third-order valence-electron chi connectivity index (χ3n) is 3.83. The Morgan fingerprint density at radius 3 is 2.90 bits per heavy atom. The Morgan fingerprint density at radius 2 is 2.15 bits per heavy atom. The van der Waals surface area contributed by atoms with Crippen LogP contribution in [0.2, 0.25) is 0 Å². The predicted molar refractivity (Wildman–Crippen MR) is 74.7 cm³/mol. The summed E-state index contributed by atoms with van der Waals surface area (Å²) in [6.45, 7) is 0.0578. The minimum Gasteiger partial charge on any atom is -0.389 e. The fourth-order valence-electron chi connectivity index (χ4n) is 2.67. The van der Waals surface area contributed by atoms with Crippen LogP contribution in [0.3, 0.4) is 0 Å². The summed E-state index contributed by atoms with van der Waals surface area (Å²) in [5.41, 5.74) is -0.371. The van der Waals surface area contributed by atoms with E-state index in [-0.39, 0.29) is 11.4 Å². The Balaban J connectivity index is 1.85. The summed E-state index contributed by atoms with van der Waals surface area (Å²) >= 11 is 0. The van der Waals surface area contributed by atoms with Crippen molar-refractivity contribution in [3.05, 3.63) is 24.5 Å². The maximum atomic E-state index is 12.3. The van der Waals surface area contributed by atoms with Gasteiger partial charge in [-0.1, -0.05) is 12.8 Å². The van der Waals surface area contributed by atoms with E-state index in [4.69, 9.17) is 0 Å². The van der Waals surface area contributed by atoms with Crippen molar-refractivity contribution >= 4 is 21.1 Å². The quantitative estimate of drug-likeness (QED) is 0.788. The summed E-state index contributed by atoms with van der Waals surface area (Å²) in [6, 6.07) is 3.40. The zero-order chi connectivity index (χ0) is 14.2. The monoisotopic (exact) mass is 295 g/mol. The predicted octanol–water partition coefficient (Wildman–Crippen LogP) is 1.15. The SMILES string of the molecule is O=S(=O)(NCC1(O)CCCC1)c1c[nH]c2ncccc12. The summed E-state index contributed by atoms with van der Waals surface area (Å²) in [6.07, 6.45) is 6.20. The van der Waals surface area contributed by atoms with Crippen LogP contribution < -0.4 is 4.72 Å². The summed E-state index contributed by atoms with van der Waals surface area (Å²) in [4.78, 5) is 7.08. The molecule has 0 aliphatic heterocycles. The van der Waals surface area contributed by atoms with E-state index in [0.29, 0.717) is 23.9 Å². The maximum absolute atomic E-state index is 12.3. The van der Waals surface area contributed by atoms with Crippen LogP contribution in [0, 0.1) is 0 Å². The van der Waals surface area contributed by atoms with Crippen LogP contribution in [-0.4, -0.2) is 35.6 Å². The van der Waals surface area contributed by atoms with Crippen LogP contribution >= 0.6 is 0 Å². The van der Waals surface area contributed by atoms with Crippen molar-refractivity contribution in [1.82, 2.24) is 14.7 Å². The molecule has 0 radical (unpaired) electrons. The molecule has 2 heterocycles. The first-order valence-corrected chi connectivity index (χ1v) is 8.13. The van der Waals surface area contributed by atoms with Crippen LogP contribution in [0.15, 0.2) is 29.4 Å². The first-order valence-electron chi connectivity index (χ1n) is 6.64. The van der Waals surface area contributed by atoms with Gasteiger partial charge in [0.1, 0.15) is 10.5 Å². The molecular formula is C13H17N3O3S. The molecule has 1 aliphatic rings. The molecule has 0 amide bonds. The Bertz CT molecular complexity index is 717. The lowest BCUT2D eigenvalue weighted by Crippen LogP contribution is -2.40. The second-order valence-corrected chi connectivity index (χ2v) is 7.04. The number of nitrogens with one attached hydrogen (secondary N) is 2. The number of fused-ring (bicyclic) bond motifs is 1. The lowest BCUT2D eigenvalue weighted by Gasteiger charge is -2.22. The molecule has 6 nitrogen and oxygen atoms in total. The molecule has 1 aliphatic carbocycles. The van der Waals surface area contributed by atoms with E-state index in [1.807, 2.05) is 0 Å². The van der Waals surface area contributed by atoms with Crippen molar-refractivity contribution in [3.63, 3.8) is 0 Å². The number of hydrogen-bond donors (Lipinski definition) is 3. The minimum absolute atomic E-state index is 0.0578. The van der Waals surface area contributed by atoms with Crippen molar-refractivity contribution in [1.29, 1.82) is 0 Å². The van der Waals surface area contributed by atoms with E-state index < -0.39 is 15.6 Å². The molecule has 108 valence electrons. The van der Waals surface area contributed by atoms with E-state index in [9.17, 15) is 13.5 Å². The number of aromatic amines is 1. The van der Waals surface area contributed by atoms with E-state index in [0.717, 1.165) is 12.8 Å². The van der Waals surface area contributed by atoms with Gasteiger partial charge in [0.15, 0.2) is 0 Å². The van der Waals surface area contributed by atoms with Crippen molar-refractivity contribution in [2.45, 2.75) is 36.2 Å². The highest BCUT2D eigenvalue weighted by Gasteiger charge is 2.33.